The van der Waals surface area contributed by atoms with Crippen molar-refractivity contribution in [2.75, 3.05) is 24.7 Å². The number of anilines is 2. The molecule has 0 radical (unpaired) electrons. The summed E-state index contributed by atoms with van der Waals surface area (Å²) in [5.74, 6) is -0.602. The van der Waals surface area contributed by atoms with Crippen molar-refractivity contribution in [3.8, 4) is 0 Å². The Morgan fingerprint density at radius 3 is 1.54 bits per heavy atom. The SMILES string of the molecule is Nc1nc2c(ncn2[C@@H]2O[C@@H]3COP(=O)(O)O[C@@H]4[C@H](O)[C@@H](COP(=O)(O)O[C@@H]2[C@@H]3O)O[C@H]4n2cnc3c(=O)[nH]c(N)nc32)c(=O)[nH]1. The summed E-state index contributed by atoms with van der Waals surface area (Å²) >= 11 is 0. The van der Waals surface area contributed by atoms with Crippen LogP contribution < -0.4 is 22.6 Å². The summed E-state index contributed by atoms with van der Waals surface area (Å²) in [6, 6.07) is 0. The van der Waals surface area contributed by atoms with Gasteiger partial charge in [-0.1, -0.05) is 0 Å². The number of phosphoric acid groups is 2. The van der Waals surface area contributed by atoms with Crippen molar-refractivity contribution < 1.29 is 56.7 Å². The van der Waals surface area contributed by atoms with E-state index in [2.05, 4.69) is 29.9 Å². The van der Waals surface area contributed by atoms with Gasteiger partial charge in [0.15, 0.2) is 34.8 Å². The van der Waals surface area contributed by atoms with Crippen molar-refractivity contribution in [3.05, 3.63) is 33.4 Å². The molecule has 4 bridgehead atoms. The van der Waals surface area contributed by atoms with E-state index in [-0.39, 0.29) is 34.2 Å². The molecule has 4 aromatic rings. The van der Waals surface area contributed by atoms with E-state index in [4.69, 9.17) is 39.0 Å². The number of aliphatic hydroxyl groups excluding tert-OH is 2. The molecule has 248 valence electrons. The molecule has 0 saturated carbocycles. The molecule has 10 N–H and O–H groups in total. The molecule has 26 heteroatoms. The number of ether oxygens (including phenoxy) is 2. The predicted octanol–water partition coefficient (Wildman–Crippen LogP) is -3.05. The van der Waals surface area contributed by atoms with E-state index in [1.54, 1.807) is 0 Å². The number of nitrogens with two attached hydrogens (primary N) is 2. The molecule has 7 rings (SSSR count). The molecule has 0 aromatic carbocycles. The number of nitrogens with one attached hydrogen (secondary N) is 2. The number of aromatic amines is 2. The van der Waals surface area contributed by atoms with Crippen LogP contribution in [0, 0.1) is 0 Å². The van der Waals surface area contributed by atoms with Crippen LogP contribution in [0.2, 0.25) is 0 Å². The maximum absolute atomic E-state index is 13.2. The Hall–Kier alpha value is -3.64. The summed E-state index contributed by atoms with van der Waals surface area (Å²) in [6.45, 7) is -1.74. The minimum atomic E-state index is -5.14. The maximum Gasteiger partial charge on any atom is 0.472 e. The molecule has 0 spiro atoms. The van der Waals surface area contributed by atoms with Gasteiger partial charge in [-0.3, -0.25) is 46.8 Å². The Balaban J connectivity index is 1.23. The number of nitrogens with zero attached hydrogens (tertiary/aromatic N) is 6. The molecule has 0 aliphatic carbocycles. The highest BCUT2D eigenvalue weighted by Gasteiger charge is 2.54. The van der Waals surface area contributed by atoms with Crippen LogP contribution in [-0.4, -0.2) is 109 Å². The maximum atomic E-state index is 13.2. The highest BCUT2D eigenvalue weighted by atomic mass is 31.2. The molecular weight excluding hydrogens is 666 g/mol. The van der Waals surface area contributed by atoms with Crippen LogP contribution in [0.1, 0.15) is 12.5 Å². The molecule has 3 saturated heterocycles. The van der Waals surface area contributed by atoms with Gasteiger partial charge in [0, 0.05) is 0 Å². The van der Waals surface area contributed by atoms with Crippen molar-refractivity contribution in [3.63, 3.8) is 0 Å². The molecule has 4 aromatic heterocycles. The molecule has 46 heavy (non-hydrogen) atoms. The van der Waals surface area contributed by atoms with Crippen LogP contribution in [0.15, 0.2) is 22.2 Å². The largest absolute Gasteiger partial charge is 0.472 e. The first-order valence-corrected chi connectivity index (χ1v) is 16.1. The lowest BCUT2D eigenvalue weighted by atomic mass is 10.1. The highest BCUT2D eigenvalue weighted by molar-refractivity contribution is 7.47. The first kappa shape index (κ1) is 31.0. The smallest absolute Gasteiger partial charge is 0.387 e. The number of nitrogen functional groups attached to an aromatic ring is 2. The second kappa shape index (κ2) is 11.0. The van der Waals surface area contributed by atoms with E-state index >= 15 is 0 Å². The molecule has 3 fully saturated rings. The van der Waals surface area contributed by atoms with Crippen LogP contribution in [0.3, 0.4) is 0 Å². The normalized spacial score (nSPS) is 37.1. The number of rotatable bonds is 2. The van der Waals surface area contributed by atoms with Crippen molar-refractivity contribution >= 4 is 49.9 Å². The van der Waals surface area contributed by atoms with Gasteiger partial charge in [0.25, 0.3) is 11.1 Å². The summed E-state index contributed by atoms with van der Waals surface area (Å²) in [7, 11) is -10.3. The third-order valence-corrected chi connectivity index (χ3v) is 9.36. The van der Waals surface area contributed by atoms with Gasteiger partial charge in [-0.25, -0.2) is 19.1 Å². The Morgan fingerprint density at radius 1 is 0.761 bits per heavy atom. The second-order valence-electron chi connectivity index (χ2n) is 10.3. The minimum absolute atomic E-state index is 0.151. The molecule has 2 unspecified atom stereocenters. The fourth-order valence-corrected chi connectivity index (χ4v) is 7.21. The molecule has 3 aliphatic rings. The zero-order valence-corrected chi connectivity index (χ0v) is 24.6. The number of hydrogen-bond acceptors (Lipinski definition) is 18. The molecule has 7 heterocycles. The average Bonchev–Trinajstić information content (AvgIpc) is 3.72. The molecule has 10 atom stereocenters. The van der Waals surface area contributed by atoms with E-state index in [1.807, 2.05) is 0 Å². The molecular formula is C20H24N10O14P2. The molecule has 24 nitrogen and oxygen atoms in total. The first-order chi connectivity index (χ1) is 21.7. The summed E-state index contributed by atoms with van der Waals surface area (Å²) < 4.78 is 60.8. The third-order valence-electron chi connectivity index (χ3n) is 7.39. The monoisotopic (exact) mass is 690 g/mol. The quantitative estimate of drug-likeness (QED) is 0.0968. The summed E-state index contributed by atoms with van der Waals surface area (Å²) in [5.41, 5.74) is 9.17. The fraction of sp³-hybridized carbons (Fsp3) is 0.500. The zero-order valence-electron chi connectivity index (χ0n) is 22.8. The van der Waals surface area contributed by atoms with Crippen LogP contribution in [-0.2, 0) is 36.7 Å². The van der Waals surface area contributed by atoms with Crippen LogP contribution >= 0.6 is 15.6 Å². The van der Waals surface area contributed by atoms with Crippen molar-refractivity contribution in [1.82, 2.24) is 39.0 Å². The number of H-pyrrole nitrogens is 2. The van der Waals surface area contributed by atoms with Gasteiger partial charge in [0.2, 0.25) is 11.9 Å². The fourth-order valence-electron chi connectivity index (χ4n) is 5.35. The number of phosphoric ester groups is 2. The Kier molecular flexibility index (Phi) is 7.39. The summed E-state index contributed by atoms with van der Waals surface area (Å²) in [4.78, 5) is 66.3. The van der Waals surface area contributed by atoms with Crippen molar-refractivity contribution in [1.29, 1.82) is 0 Å². The van der Waals surface area contributed by atoms with Gasteiger partial charge in [-0.2, -0.15) is 9.97 Å². The third kappa shape index (κ3) is 5.33. The minimum Gasteiger partial charge on any atom is -0.387 e. The van der Waals surface area contributed by atoms with E-state index in [1.165, 1.54) is 0 Å². The van der Waals surface area contributed by atoms with E-state index in [9.17, 15) is 38.7 Å². The van der Waals surface area contributed by atoms with Crippen molar-refractivity contribution in [2.45, 2.75) is 49.1 Å². The van der Waals surface area contributed by atoms with E-state index in [0.717, 1.165) is 21.8 Å². The number of aliphatic hydroxyl groups is 2. The zero-order chi connectivity index (χ0) is 32.7. The molecule has 0 amide bonds. The van der Waals surface area contributed by atoms with Crippen LogP contribution in [0.4, 0.5) is 11.9 Å². The van der Waals surface area contributed by atoms with Crippen LogP contribution in [0.5, 0.6) is 0 Å². The van der Waals surface area contributed by atoms with Gasteiger partial charge in [0.05, 0.1) is 25.9 Å². The van der Waals surface area contributed by atoms with Crippen molar-refractivity contribution in [2.24, 2.45) is 0 Å². The standard InChI is InChI=1S/C20H24N10O14P2/c21-19-25-13-7(15(33)27-19)23-3-29(13)17-11-9(31)5(41-17)1-39-45(35,36)43-12-10(32)6(2-40-46(37,38)44-11)42-18(12)30-4-24-8-14(30)26-20(22)28-16(8)34/h3-6,9-12,17-18,31-32H,1-2H2,(H,35,36)(H,37,38)(H3,21,25,27,33)(H3,22,26,28,34)/t5-,6-,9-,10-,11-,12-,17-,18-/m1/s1. The Labute approximate surface area is 253 Å². The number of aromatic nitrogens is 8. The Bertz CT molecular complexity index is 1900. The van der Waals surface area contributed by atoms with E-state index in [0.29, 0.717) is 0 Å². The van der Waals surface area contributed by atoms with Gasteiger partial charge in [-0.05, 0) is 0 Å². The average molecular weight is 690 g/mol. The van der Waals surface area contributed by atoms with Gasteiger partial charge in [-0.15, -0.1) is 0 Å². The van der Waals surface area contributed by atoms with Crippen LogP contribution in [0.25, 0.3) is 22.3 Å². The van der Waals surface area contributed by atoms with Gasteiger partial charge in [0.1, 0.15) is 36.6 Å². The second-order valence-corrected chi connectivity index (χ2v) is 13.1. The number of imidazole rings is 2. The summed E-state index contributed by atoms with van der Waals surface area (Å²) in [5, 5.41) is 22.1. The number of hydrogen-bond donors (Lipinski definition) is 8. The predicted molar refractivity (Wildman–Crippen MR) is 146 cm³/mol. The highest BCUT2D eigenvalue weighted by Crippen LogP contribution is 2.53. The first-order valence-electron chi connectivity index (χ1n) is 13.1. The van der Waals surface area contributed by atoms with E-state index < -0.39 is 89.1 Å². The number of fused-ring (bicyclic) bond motifs is 6. The lowest BCUT2D eigenvalue weighted by molar-refractivity contribution is -0.0675. The van der Waals surface area contributed by atoms with Gasteiger partial charge < -0.3 is 40.9 Å². The topological polar surface area (TPSA) is 350 Å². The summed E-state index contributed by atoms with van der Waals surface area (Å²) in [6.07, 6.45) is -11.1. The molecule has 3 aliphatic heterocycles. The Morgan fingerprint density at radius 2 is 1.15 bits per heavy atom. The lowest BCUT2D eigenvalue weighted by Gasteiger charge is -2.26. The lowest BCUT2D eigenvalue weighted by Crippen LogP contribution is -2.38. The van der Waals surface area contributed by atoms with Gasteiger partial charge >= 0.3 is 15.6 Å².